The van der Waals surface area contributed by atoms with E-state index in [1.54, 1.807) is 7.05 Å². The number of hydrogen-bond donors (Lipinski definition) is 3. The van der Waals surface area contributed by atoms with E-state index in [1.165, 1.54) is 16.7 Å². The molecule has 0 radical (unpaired) electrons. The Balaban J connectivity index is 1.66. The molecule has 0 aliphatic carbocycles. The van der Waals surface area contributed by atoms with E-state index in [-0.39, 0.29) is 12.5 Å². The van der Waals surface area contributed by atoms with Crippen LogP contribution >= 0.6 is 0 Å². The van der Waals surface area contributed by atoms with Gasteiger partial charge in [-0.2, -0.15) is 0 Å². The van der Waals surface area contributed by atoms with E-state index in [4.69, 9.17) is 0 Å². The van der Waals surface area contributed by atoms with Crippen molar-refractivity contribution < 1.29 is 4.79 Å². The highest BCUT2D eigenvalue weighted by molar-refractivity contribution is 5.86. The molecule has 5 nitrogen and oxygen atoms in total. The Morgan fingerprint density at radius 3 is 2.44 bits per heavy atom. The second kappa shape index (κ2) is 10.1. The van der Waals surface area contributed by atoms with Crippen molar-refractivity contribution >= 4 is 11.9 Å². The van der Waals surface area contributed by atoms with Crippen molar-refractivity contribution in [1.29, 1.82) is 0 Å². The normalized spacial score (nSPS) is 11.0. The van der Waals surface area contributed by atoms with Crippen LogP contribution in [0.2, 0.25) is 0 Å². The molecule has 0 saturated heterocycles. The number of carbonyl (C=O) groups is 1. The first-order valence-electron chi connectivity index (χ1n) is 8.48. The predicted octanol–water partition coefficient (Wildman–Crippen LogP) is 2.02. The number of benzene rings is 2. The molecule has 0 heterocycles. The van der Waals surface area contributed by atoms with Crippen molar-refractivity contribution in [3.8, 4) is 0 Å². The van der Waals surface area contributed by atoms with E-state index in [0.29, 0.717) is 19.0 Å². The maximum Gasteiger partial charge on any atom is 0.239 e. The van der Waals surface area contributed by atoms with Gasteiger partial charge in [0.15, 0.2) is 5.96 Å². The molecule has 5 heteroatoms. The lowest BCUT2D eigenvalue weighted by atomic mass is 10.1. The number of rotatable bonds is 7. The smallest absolute Gasteiger partial charge is 0.239 e. The van der Waals surface area contributed by atoms with E-state index < -0.39 is 0 Å². The third-order valence-electron chi connectivity index (χ3n) is 3.76. The summed E-state index contributed by atoms with van der Waals surface area (Å²) >= 11 is 0. The van der Waals surface area contributed by atoms with Crippen molar-refractivity contribution in [1.82, 2.24) is 16.0 Å². The Bertz CT molecular complexity index is 698. The number of guanidine groups is 1. The minimum atomic E-state index is -0.0468. The summed E-state index contributed by atoms with van der Waals surface area (Å²) in [4.78, 5) is 16.1. The van der Waals surface area contributed by atoms with Gasteiger partial charge in [-0.1, -0.05) is 60.2 Å². The molecule has 2 aromatic rings. The van der Waals surface area contributed by atoms with Crippen molar-refractivity contribution in [3.05, 3.63) is 71.3 Å². The van der Waals surface area contributed by atoms with E-state index >= 15 is 0 Å². The van der Waals surface area contributed by atoms with Gasteiger partial charge in [-0.3, -0.25) is 9.79 Å². The minimum Gasteiger partial charge on any atom is -0.354 e. The number of amides is 1. The molecule has 0 atom stereocenters. The number of nitrogens with one attached hydrogen (secondary N) is 3. The highest BCUT2D eigenvalue weighted by Gasteiger charge is 2.03. The number of nitrogens with zero attached hydrogens (tertiary/aromatic N) is 1. The molecule has 0 bridgehead atoms. The molecule has 0 aromatic heterocycles. The summed E-state index contributed by atoms with van der Waals surface area (Å²) in [7, 11) is 1.69. The fraction of sp³-hybridized carbons (Fsp3) is 0.300. The van der Waals surface area contributed by atoms with Crippen molar-refractivity contribution in [2.75, 3.05) is 20.1 Å². The molecule has 0 spiro atoms. The summed E-state index contributed by atoms with van der Waals surface area (Å²) < 4.78 is 0. The Hall–Kier alpha value is -2.82. The molecule has 2 rings (SSSR count). The molecular weight excluding hydrogens is 312 g/mol. The van der Waals surface area contributed by atoms with E-state index in [2.05, 4.69) is 58.2 Å². The lowest BCUT2D eigenvalue weighted by Gasteiger charge is -2.12. The zero-order valence-electron chi connectivity index (χ0n) is 14.9. The molecule has 0 aliphatic rings. The van der Waals surface area contributed by atoms with Crippen LogP contribution in [0.4, 0.5) is 0 Å². The van der Waals surface area contributed by atoms with Gasteiger partial charge in [0.1, 0.15) is 0 Å². The number of carbonyl (C=O) groups excluding carboxylic acids is 1. The Kier molecular flexibility index (Phi) is 7.50. The first-order valence-corrected chi connectivity index (χ1v) is 8.48. The maximum absolute atomic E-state index is 11.9. The highest BCUT2D eigenvalue weighted by atomic mass is 16.1. The summed E-state index contributed by atoms with van der Waals surface area (Å²) in [5.74, 6) is 0.564. The van der Waals surface area contributed by atoms with Crippen LogP contribution in [0.25, 0.3) is 0 Å². The van der Waals surface area contributed by atoms with Gasteiger partial charge in [0.05, 0.1) is 6.54 Å². The van der Waals surface area contributed by atoms with Crippen LogP contribution < -0.4 is 16.0 Å². The molecule has 25 heavy (non-hydrogen) atoms. The zero-order chi connectivity index (χ0) is 17.9. The molecule has 0 saturated carbocycles. The standard InChI is InChI=1S/C20H26N4O/c1-16-7-6-10-18(13-16)14-23-20(21-2)24-15-19(25)22-12-11-17-8-4-3-5-9-17/h3-10,13H,11-12,14-15H2,1-2H3,(H,22,25)(H2,21,23,24). The molecule has 2 aromatic carbocycles. The van der Waals surface area contributed by atoms with Gasteiger partial charge in [0, 0.05) is 20.1 Å². The molecule has 1 amide bonds. The van der Waals surface area contributed by atoms with Crippen LogP contribution in [0.15, 0.2) is 59.6 Å². The predicted molar refractivity (Wildman–Crippen MR) is 103 cm³/mol. The first-order chi connectivity index (χ1) is 12.2. The third-order valence-corrected chi connectivity index (χ3v) is 3.76. The van der Waals surface area contributed by atoms with Crippen LogP contribution in [-0.4, -0.2) is 32.0 Å². The van der Waals surface area contributed by atoms with E-state index in [9.17, 15) is 4.79 Å². The first kappa shape index (κ1) is 18.5. The van der Waals surface area contributed by atoms with Gasteiger partial charge in [-0.25, -0.2) is 0 Å². The monoisotopic (exact) mass is 338 g/mol. The van der Waals surface area contributed by atoms with Crippen LogP contribution in [0.3, 0.4) is 0 Å². The largest absolute Gasteiger partial charge is 0.354 e. The van der Waals surface area contributed by atoms with E-state index in [0.717, 1.165) is 6.42 Å². The SMILES string of the molecule is CN=C(NCC(=O)NCCc1ccccc1)NCc1cccc(C)c1. The molecule has 0 unspecified atom stereocenters. The number of aliphatic imine (C=N–C) groups is 1. The lowest BCUT2D eigenvalue weighted by Crippen LogP contribution is -2.43. The van der Waals surface area contributed by atoms with Gasteiger partial charge >= 0.3 is 0 Å². The van der Waals surface area contributed by atoms with Crippen molar-refractivity contribution in [3.63, 3.8) is 0 Å². The van der Waals surface area contributed by atoms with Gasteiger partial charge < -0.3 is 16.0 Å². The van der Waals surface area contributed by atoms with Crippen LogP contribution in [-0.2, 0) is 17.8 Å². The van der Waals surface area contributed by atoms with Gasteiger partial charge in [-0.05, 0) is 24.5 Å². The lowest BCUT2D eigenvalue weighted by molar-refractivity contribution is -0.119. The minimum absolute atomic E-state index is 0.0468. The molecule has 0 aliphatic heterocycles. The average Bonchev–Trinajstić information content (AvgIpc) is 2.63. The average molecular weight is 338 g/mol. The molecule has 132 valence electrons. The summed E-state index contributed by atoms with van der Waals surface area (Å²) in [6.45, 7) is 3.55. The second-order valence-corrected chi connectivity index (χ2v) is 5.85. The summed E-state index contributed by atoms with van der Waals surface area (Å²) in [5.41, 5.74) is 3.61. The summed E-state index contributed by atoms with van der Waals surface area (Å²) in [6, 6.07) is 18.4. The van der Waals surface area contributed by atoms with Crippen molar-refractivity contribution in [2.45, 2.75) is 19.9 Å². The van der Waals surface area contributed by atoms with Gasteiger partial charge in [0.25, 0.3) is 0 Å². The van der Waals surface area contributed by atoms with Crippen LogP contribution in [0.5, 0.6) is 0 Å². The Labute approximate surface area is 149 Å². The van der Waals surface area contributed by atoms with Crippen LogP contribution in [0, 0.1) is 6.92 Å². The highest BCUT2D eigenvalue weighted by Crippen LogP contribution is 2.03. The fourth-order valence-corrected chi connectivity index (χ4v) is 2.45. The quantitative estimate of drug-likeness (QED) is 0.534. The number of hydrogen-bond acceptors (Lipinski definition) is 2. The topological polar surface area (TPSA) is 65.5 Å². The van der Waals surface area contributed by atoms with Gasteiger partial charge in [0.2, 0.25) is 5.91 Å². The summed E-state index contributed by atoms with van der Waals surface area (Å²) in [5, 5.41) is 9.15. The van der Waals surface area contributed by atoms with Crippen LogP contribution in [0.1, 0.15) is 16.7 Å². The van der Waals surface area contributed by atoms with Gasteiger partial charge in [-0.15, -0.1) is 0 Å². The Morgan fingerprint density at radius 1 is 0.960 bits per heavy atom. The fourth-order valence-electron chi connectivity index (χ4n) is 2.45. The number of aryl methyl sites for hydroxylation is 1. The molecule has 3 N–H and O–H groups in total. The zero-order valence-corrected chi connectivity index (χ0v) is 14.9. The van der Waals surface area contributed by atoms with Crippen molar-refractivity contribution in [2.24, 2.45) is 4.99 Å². The third kappa shape index (κ3) is 7.08. The molecule has 0 fully saturated rings. The molecular formula is C20H26N4O. The maximum atomic E-state index is 11.9. The second-order valence-electron chi connectivity index (χ2n) is 5.85. The summed E-state index contributed by atoms with van der Waals surface area (Å²) in [6.07, 6.45) is 0.826. The Morgan fingerprint density at radius 2 is 1.72 bits per heavy atom. The van der Waals surface area contributed by atoms with E-state index in [1.807, 2.05) is 24.3 Å².